The van der Waals surface area contributed by atoms with Crippen molar-refractivity contribution in [2.24, 2.45) is 5.41 Å². The van der Waals surface area contributed by atoms with E-state index in [1.165, 1.54) is 11.1 Å². The van der Waals surface area contributed by atoms with Crippen LogP contribution in [0.1, 0.15) is 37.9 Å². The van der Waals surface area contributed by atoms with Crippen LogP contribution in [0.15, 0.2) is 30.8 Å². The van der Waals surface area contributed by atoms with Crippen molar-refractivity contribution in [2.45, 2.75) is 26.8 Å². The SMILES string of the molecule is C=C1NC(C(C)(C)C)c2ccccc21. The lowest BCUT2D eigenvalue weighted by molar-refractivity contribution is 0.307. The molecule has 14 heavy (non-hydrogen) atoms. The molecule has 1 nitrogen and oxygen atoms in total. The fourth-order valence-corrected chi connectivity index (χ4v) is 2.04. The second kappa shape index (κ2) is 2.88. The van der Waals surface area contributed by atoms with Crippen molar-refractivity contribution < 1.29 is 0 Å². The van der Waals surface area contributed by atoms with Crippen molar-refractivity contribution >= 4 is 5.70 Å². The summed E-state index contributed by atoms with van der Waals surface area (Å²) in [5.74, 6) is 0. The van der Waals surface area contributed by atoms with E-state index in [1.54, 1.807) is 0 Å². The van der Waals surface area contributed by atoms with Crippen LogP contribution in [0.4, 0.5) is 0 Å². The van der Waals surface area contributed by atoms with Crippen LogP contribution >= 0.6 is 0 Å². The van der Waals surface area contributed by atoms with Gasteiger partial charge < -0.3 is 5.32 Å². The van der Waals surface area contributed by atoms with Crippen molar-refractivity contribution in [1.29, 1.82) is 0 Å². The van der Waals surface area contributed by atoms with E-state index in [2.05, 4.69) is 56.9 Å². The Balaban J connectivity index is 2.50. The van der Waals surface area contributed by atoms with Crippen LogP contribution in [-0.4, -0.2) is 0 Å². The van der Waals surface area contributed by atoms with E-state index in [0.717, 1.165) is 5.70 Å². The summed E-state index contributed by atoms with van der Waals surface area (Å²) >= 11 is 0. The summed E-state index contributed by atoms with van der Waals surface area (Å²) in [6, 6.07) is 8.88. The van der Waals surface area contributed by atoms with Crippen LogP contribution in [0.5, 0.6) is 0 Å². The van der Waals surface area contributed by atoms with E-state index in [4.69, 9.17) is 0 Å². The third-order valence-corrected chi connectivity index (χ3v) is 2.78. The van der Waals surface area contributed by atoms with Crippen LogP contribution in [0.25, 0.3) is 5.70 Å². The maximum atomic E-state index is 4.05. The van der Waals surface area contributed by atoms with E-state index in [-0.39, 0.29) is 5.41 Å². The van der Waals surface area contributed by atoms with Gasteiger partial charge in [-0.05, 0) is 11.0 Å². The Morgan fingerprint density at radius 3 is 2.50 bits per heavy atom. The van der Waals surface area contributed by atoms with Gasteiger partial charge in [0.15, 0.2) is 0 Å². The molecule has 1 heteroatoms. The molecular weight excluding hydrogens is 170 g/mol. The van der Waals surface area contributed by atoms with Crippen molar-refractivity contribution in [1.82, 2.24) is 5.32 Å². The average Bonchev–Trinajstić information content (AvgIpc) is 2.44. The van der Waals surface area contributed by atoms with Crippen LogP contribution in [0.2, 0.25) is 0 Å². The molecule has 1 unspecified atom stereocenters. The molecule has 0 aromatic heterocycles. The highest BCUT2D eigenvalue weighted by Crippen LogP contribution is 2.41. The molecule has 1 atom stereocenters. The van der Waals surface area contributed by atoms with Gasteiger partial charge in [0.05, 0.1) is 6.04 Å². The monoisotopic (exact) mass is 187 g/mol. The summed E-state index contributed by atoms with van der Waals surface area (Å²) < 4.78 is 0. The van der Waals surface area contributed by atoms with Crippen LogP contribution in [-0.2, 0) is 0 Å². The minimum absolute atomic E-state index is 0.232. The molecule has 1 aromatic rings. The zero-order valence-corrected chi connectivity index (χ0v) is 9.09. The average molecular weight is 187 g/mol. The molecule has 0 fully saturated rings. The molecule has 74 valence electrons. The number of benzene rings is 1. The predicted molar refractivity (Wildman–Crippen MR) is 60.8 cm³/mol. The van der Waals surface area contributed by atoms with Crippen molar-refractivity contribution in [2.75, 3.05) is 0 Å². The molecule has 1 aliphatic heterocycles. The maximum Gasteiger partial charge on any atom is 0.0568 e. The van der Waals surface area contributed by atoms with Gasteiger partial charge in [0.2, 0.25) is 0 Å². The zero-order chi connectivity index (χ0) is 10.3. The molecule has 1 N–H and O–H groups in total. The first kappa shape index (κ1) is 9.32. The van der Waals surface area contributed by atoms with Gasteiger partial charge in [-0.25, -0.2) is 0 Å². The van der Waals surface area contributed by atoms with Gasteiger partial charge >= 0.3 is 0 Å². The Labute approximate surface area is 85.8 Å². The lowest BCUT2D eigenvalue weighted by Crippen LogP contribution is -2.25. The highest BCUT2D eigenvalue weighted by Gasteiger charge is 2.33. The van der Waals surface area contributed by atoms with E-state index in [1.807, 2.05) is 0 Å². The zero-order valence-electron chi connectivity index (χ0n) is 9.09. The van der Waals surface area contributed by atoms with Crippen molar-refractivity contribution in [3.8, 4) is 0 Å². The minimum Gasteiger partial charge on any atom is -0.378 e. The van der Waals surface area contributed by atoms with Crippen molar-refractivity contribution in [3.63, 3.8) is 0 Å². The molecule has 1 heterocycles. The summed E-state index contributed by atoms with van der Waals surface area (Å²) in [5, 5.41) is 3.46. The second-order valence-electron chi connectivity index (χ2n) is 5.01. The molecule has 2 rings (SSSR count). The number of nitrogens with one attached hydrogen (secondary N) is 1. The Morgan fingerprint density at radius 1 is 1.21 bits per heavy atom. The molecular formula is C13H17N. The third-order valence-electron chi connectivity index (χ3n) is 2.78. The summed E-state index contributed by atoms with van der Waals surface area (Å²) in [5.41, 5.74) is 3.94. The van der Waals surface area contributed by atoms with Gasteiger partial charge in [0, 0.05) is 11.3 Å². The number of fused-ring (bicyclic) bond motifs is 1. The Morgan fingerprint density at radius 2 is 1.86 bits per heavy atom. The maximum absolute atomic E-state index is 4.05. The molecule has 1 aliphatic rings. The molecule has 1 aromatic carbocycles. The predicted octanol–water partition coefficient (Wildman–Crippen LogP) is 3.35. The number of hydrogen-bond donors (Lipinski definition) is 1. The van der Waals surface area contributed by atoms with E-state index in [9.17, 15) is 0 Å². The molecule has 0 bridgehead atoms. The van der Waals surface area contributed by atoms with Crippen LogP contribution in [0.3, 0.4) is 0 Å². The molecule has 0 spiro atoms. The lowest BCUT2D eigenvalue weighted by Gasteiger charge is -2.28. The topological polar surface area (TPSA) is 12.0 Å². The molecule has 0 aliphatic carbocycles. The standard InChI is InChI=1S/C13H17N/c1-9-10-7-5-6-8-11(10)12(14-9)13(2,3)4/h5-8,12,14H,1H2,2-4H3. The first-order valence-corrected chi connectivity index (χ1v) is 5.05. The van der Waals surface area contributed by atoms with Crippen molar-refractivity contribution in [3.05, 3.63) is 42.0 Å². The van der Waals surface area contributed by atoms with Gasteiger partial charge in [0.1, 0.15) is 0 Å². The van der Waals surface area contributed by atoms with Gasteiger partial charge in [-0.15, -0.1) is 0 Å². The quantitative estimate of drug-likeness (QED) is 0.656. The van der Waals surface area contributed by atoms with Gasteiger partial charge in [-0.1, -0.05) is 51.6 Å². The first-order chi connectivity index (χ1) is 6.50. The molecule has 0 amide bonds. The normalized spacial score (nSPS) is 20.5. The van der Waals surface area contributed by atoms with Gasteiger partial charge in [0.25, 0.3) is 0 Å². The molecule has 0 saturated heterocycles. The summed E-state index contributed by atoms with van der Waals surface area (Å²) in [6.45, 7) is 10.8. The lowest BCUT2D eigenvalue weighted by atomic mass is 9.83. The molecule has 0 saturated carbocycles. The number of hydrogen-bond acceptors (Lipinski definition) is 1. The number of rotatable bonds is 0. The fraction of sp³-hybridized carbons (Fsp3) is 0.385. The highest BCUT2D eigenvalue weighted by molar-refractivity contribution is 5.70. The third kappa shape index (κ3) is 1.33. The Kier molecular flexibility index (Phi) is 1.91. The van der Waals surface area contributed by atoms with E-state index in [0.29, 0.717) is 6.04 Å². The smallest absolute Gasteiger partial charge is 0.0568 e. The summed E-state index contributed by atoms with van der Waals surface area (Å²) in [4.78, 5) is 0. The minimum atomic E-state index is 0.232. The Bertz CT molecular complexity index is 371. The summed E-state index contributed by atoms with van der Waals surface area (Å²) in [6.07, 6.45) is 0. The second-order valence-corrected chi connectivity index (χ2v) is 5.01. The van der Waals surface area contributed by atoms with Gasteiger partial charge in [-0.3, -0.25) is 0 Å². The van der Waals surface area contributed by atoms with Gasteiger partial charge in [-0.2, -0.15) is 0 Å². The van der Waals surface area contributed by atoms with E-state index < -0.39 is 0 Å². The van der Waals surface area contributed by atoms with Crippen LogP contribution in [0, 0.1) is 5.41 Å². The Hall–Kier alpha value is -1.24. The fourth-order valence-electron chi connectivity index (χ4n) is 2.04. The highest BCUT2D eigenvalue weighted by atomic mass is 15.0. The summed E-state index contributed by atoms with van der Waals surface area (Å²) in [7, 11) is 0. The largest absolute Gasteiger partial charge is 0.378 e. The van der Waals surface area contributed by atoms with Crippen LogP contribution < -0.4 is 5.32 Å². The van der Waals surface area contributed by atoms with E-state index >= 15 is 0 Å². The first-order valence-electron chi connectivity index (χ1n) is 5.05. The molecule has 0 radical (unpaired) electrons.